The van der Waals surface area contributed by atoms with Crippen LogP contribution in [0, 0.1) is 0 Å². The summed E-state index contributed by atoms with van der Waals surface area (Å²) in [5, 5.41) is 10.4. The second-order valence-corrected chi connectivity index (χ2v) is 6.58. The zero-order valence-corrected chi connectivity index (χ0v) is 16.1. The van der Waals surface area contributed by atoms with Crippen LogP contribution < -0.4 is 4.90 Å². The van der Waals surface area contributed by atoms with E-state index in [0.29, 0.717) is 5.02 Å². The number of aliphatic hydroxyl groups is 1. The Morgan fingerprint density at radius 1 is 1.07 bits per heavy atom. The third-order valence-electron chi connectivity index (χ3n) is 4.03. The summed E-state index contributed by atoms with van der Waals surface area (Å²) in [6, 6.07) is 8.33. The van der Waals surface area contributed by atoms with E-state index in [2.05, 4.69) is 4.74 Å². The Balaban J connectivity index is 2.37. The number of hydrogen-bond donors (Lipinski definition) is 1. The third-order valence-corrected chi connectivity index (χ3v) is 4.58. The normalized spacial score (nSPS) is 13.6. The molecule has 5 nitrogen and oxygen atoms in total. The first-order chi connectivity index (χ1) is 12.9. The highest BCUT2D eigenvalue weighted by Gasteiger charge is 2.62. The van der Waals surface area contributed by atoms with E-state index in [4.69, 9.17) is 23.2 Å². The first-order valence-electron chi connectivity index (χ1n) is 7.64. The van der Waals surface area contributed by atoms with Crippen molar-refractivity contribution in [1.82, 2.24) is 0 Å². The van der Waals surface area contributed by atoms with Crippen LogP contribution in [0.5, 0.6) is 0 Å². The average Bonchev–Trinajstić information content (AvgIpc) is 2.64. The number of hydrogen-bond acceptors (Lipinski definition) is 4. The van der Waals surface area contributed by atoms with Crippen molar-refractivity contribution in [3.8, 4) is 0 Å². The summed E-state index contributed by atoms with van der Waals surface area (Å²) >= 11 is 11.8. The molecule has 2 rings (SSSR count). The number of halogens is 5. The van der Waals surface area contributed by atoms with Crippen molar-refractivity contribution in [3.05, 3.63) is 63.6 Å². The Hall–Kier alpha value is -2.29. The molecule has 0 heterocycles. The van der Waals surface area contributed by atoms with Crippen molar-refractivity contribution in [3.63, 3.8) is 0 Å². The molecule has 150 valence electrons. The van der Waals surface area contributed by atoms with Crippen LogP contribution in [0.2, 0.25) is 10.0 Å². The molecular formula is C18H14Cl2F3NO4. The van der Waals surface area contributed by atoms with Crippen molar-refractivity contribution >= 4 is 40.8 Å². The van der Waals surface area contributed by atoms with Gasteiger partial charge in [0, 0.05) is 23.3 Å². The topological polar surface area (TPSA) is 66.8 Å². The molecule has 0 bridgehead atoms. The standard InChI is InChI=1S/C18H14Cl2F3NO4/c1-24(15(25)13-8-5-11(19)9-14(13)20)12-6-3-10(4-7-12)17(27,16(26)28-2)18(21,22)23/h3-9,27H,1-2H3/t17-/m1/s1. The Kier molecular flexibility index (Phi) is 6.27. The van der Waals surface area contributed by atoms with E-state index in [1.54, 1.807) is 0 Å². The quantitative estimate of drug-likeness (QED) is 0.731. The molecule has 0 radical (unpaired) electrons. The number of alkyl halides is 3. The van der Waals surface area contributed by atoms with Crippen LogP contribution >= 0.6 is 23.2 Å². The summed E-state index contributed by atoms with van der Waals surface area (Å²) in [5.41, 5.74) is -4.24. The van der Waals surface area contributed by atoms with Crippen LogP contribution in [0.4, 0.5) is 18.9 Å². The first kappa shape index (κ1) is 22.0. The molecule has 0 aromatic heterocycles. The van der Waals surface area contributed by atoms with Gasteiger partial charge in [-0.25, -0.2) is 4.79 Å². The summed E-state index contributed by atoms with van der Waals surface area (Å²) in [7, 11) is 2.12. The van der Waals surface area contributed by atoms with Gasteiger partial charge in [-0.3, -0.25) is 4.79 Å². The lowest BCUT2D eigenvalue weighted by Crippen LogP contribution is -2.49. The second-order valence-electron chi connectivity index (χ2n) is 5.73. The van der Waals surface area contributed by atoms with Gasteiger partial charge in [-0.1, -0.05) is 35.3 Å². The Morgan fingerprint density at radius 3 is 2.11 bits per heavy atom. The highest BCUT2D eigenvalue weighted by atomic mass is 35.5. The number of nitrogens with zero attached hydrogens (tertiary/aromatic N) is 1. The van der Waals surface area contributed by atoms with Gasteiger partial charge in [0.05, 0.1) is 17.7 Å². The second kappa shape index (κ2) is 7.98. The first-order valence-corrected chi connectivity index (χ1v) is 8.40. The average molecular weight is 436 g/mol. The molecule has 10 heteroatoms. The van der Waals surface area contributed by atoms with Gasteiger partial charge in [0.25, 0.3) is 11.5 Å². The highest BCUT2D eigenvalue weighted by Crippen LogP contribution is 2.40. The van der Waals surface area contributed by atoms with Crippen molar-refractivity contribution in [1.29, 1.82) is 0 Å². The fraction of sp³-hybridized carbons (Fsp3) is 0.222. The summed E-state index contributed by atoms with van der Waals surface area (Å²) in [6.07, 6.45) is -5.31. The molecule has 0 unspecified atom stereocenters. The molecule has 1 N–H and O–H groups in total. The third kappa shape index (κ3) is 3.94. The predicted molar refractivity (Wildman–Crippen MR) is 97.6 cm³/mol. The molecule has 2 aromatic carbocycles. The smallest absolute Gasteiger partial charge is 0.432 e. The molecular weight excluding hydrogens is 422 g/mol. The van der Waals surface area contributed by atoms with E-state index in [-0.39, 0.29) is 16.3 Å². The number of ether oxygens (including phenoxy) is 1. The van der Waals surface area contributed by atoms with Gasteiger partial charge < -0.3 is 14.7 Å². The highest BCUT2D eigenvalue weighted by molar-refractivity contribution is 6.37. The number of anilines is 1. The predicted octanol–water partition coefficient (Wildman–Crippen LogP) is 4.19. The van der Waals surface area contributed by atoms with Crippen molar-refractivity contribution in [2.45, 2.75) is 11.8 Å². The minimum absolute atomic E-state index is 0.109. The summed E-state index contributed by atoms with van der Waals surface area (Å²) in [6.45, 7) is 0. The lowest BCUT2D eigenvalue weighted by atomic mass is 9.93. The molecule has 0 spiro atoms. The minimum atomic E-state index is -5.31. The Labute approximate surface area is 168 Å². The van der Waals surface area contributed by atoms with Crippen LogP contribution in [0.3, 0.4) is 0 Å². The lowest BCUT2D eigenvalue weighted by Gasteiger charge is -2.28. The van der Waals surface area contributed by atoms with E-state index in [9.17, 15) is 27.9 Å². The summed E-state index contributed by atoms with van der Waals surface area (Å²) in [5.74, 6) is -2.40. The number of rotatable bonds is 4. The van der Waals surface area contributed by atoms with E-state index in [1.807, 2.05) is 0 Å². The van der Waals surface area contributed by atoms with Gasteiger partial charge >= 0.3 is 12.1 Å². The maximum absolute atomic E-state index is 13.3. The summed E-state index contributed by atoms with van der Waals surface area (Å²) in [4.78, 5) is 25.3. The number of benzene rings is 2. The van der Waals surface area contributed by atoms with Crippen molar-refractivity contribution in [2.24, 2.45) is 0 Å². The molecule has 0 saturated carbocycles. The molecule has 2 aromatic rings. The molecule has 1 amide bonds. The number of methoxy groups -OCH3 is 1. The number of carbonyl (C=O) groups excluding carboxylic acids is 2. The Morgan fingerprint density at radius 2 is 1.64 bits per heavy atom. The van der Waals surface area contributed by atoms with Gasteiger partial charge in [0.1, 0.15) is 0 Å². The van der Waals surface area contributed by atoms with Gasteiger partial charge in [-0.15, -0.1) is 0 Å². The lowest BCUT2D eigenvalue weighted by molar-refractivity contribution is -0.266. The SMILES string of the molecule is COC(=O)[C@](O)(c1ccc(N(C)C(=O)c2ccc(Cl)cc2Cl)cc1)C(F)(F)F. The number of esters is 1. The fourth-order valence-corrected chi connectivity index (χ4v) is 2.92. The molecule has 1 atom stereocenters. The molecule has 0 fully saturated rings. The van der Waals surface area contributed by atoms with Crippen LogP contribution in [-0.4, -0.2) is 37.3 Å². The van der Waals surface area contributed by atoms with E-state index in [0.717, 1.165) is 36.3 Å². The molecule has 0 saturated heterocycles. The number of amides is 1. The van der Waals surface area contributed by atoms with E-state index in [1.165, 1.54) is 25.2 Å². The van der Waals surface area contributed by atoms with Crippen LogP contribution in [0.1, 0.15) is 15.9 Å². The monoisotopic (exact) mass is 435 g/mol. The van der Waals surface area contributed by atoms with E-state index >= 15 is 0 Å². The zero-order valence-electron chi connectivity index (χ0n) is 14.6. The van der Waals surface area contributed by atoms with Crippen LogP contribution in [-0.2, 0) is 15.1 Å². The summed E-state index contributed by atoms with van der Waals surface area (Å²) < 4.78 is 43.9. The fourth-order valence-electron chi connectivity index (χ4n) is 2.43. The van der Waals surface area contributed by atoms with Gasteiger partial charge in [-0.05, 0) is 30.3 Å². The number of carbonyl (C=O) groups is 2. The van der Waals surface area contributed by atoms with Gasteiger partial charge in [0.15, 0.2) is 0 Å². The maximum atomic E-state index is 13.3. The van der Waals surface area contributed by atoms with Crippen molar-refractivity contribution in [2.75, 3.05) is 19.1 Å². The Bertz CT molecular complexity index is 903. The minimum Gasteiger partial charge on any atom is -0.466 e. The van der Waals surface area contributed by atoms with Crippen molar-refractivity contribution < 1.29 is 32.6 Å². The van der Waals surface area contributed by atoms with Gasteiger partial charge in [0.2, 0.25) is 0 Å². The molecule has 0 aliphatic carbocycles. The zero-order chi connectivity index (χ0) is 21.3. The molecule has 0 aliphatic rings. The van der Waals surface area contributed by atoms with Crippen LogP contribution in [0.25, 0.3) is 0 Å². The molecule has 28 heavy (non-hydrogen) atoms. The maximum Gasteiger partial charge on any atom is 0.432 e. The van der Waals surface area contributed by atoms with Crippen LogP contribution in [0.15, 0.2) is 42.5 Å². The largest absolute Gasteiger partial charge is 0.466 e. The van der Waals surface area contributed by atoms with Gasteiger partial charge in [-0.2, -0.15) is 13.2 Å². The van der Waals surface area contributed by atoms with E-state index < -0.39 is 29.2 Å². The molecule has 0 aliphatic heterocycles.